The molecule has 6 heteroatoms. The fourth-order valence-corrected chi connectivity index (χ4v) is 3.29. The van der Waals surface area contributed by atoms with Crippen molar-refractivity contribution in [3.05, 3.63) is 44.3 Å². The molecule has 0 saturated heterocycles. The van der Waals surface area contributed by atoms with Crippen molar-refractivity contribution in [1.82, 2.24) is 4.98 Å². The monoisotopic (exact) mass is 336 g/mol. The van der Waals surface area contributed by atoms with Crippen LogP contribution in [0.15, 0.2) is 28.1 Å². The first kappa shape index (κ1) is 12.5. The predicted octanol–water partition coefficient (Wildman–Crippen LogP) is 2.94. The molecule has 1 aromatic carbocycles. The Balaban J connectivity index is 2.04. The molecular weight excluding hydrogens is 328 g/mol. The molecule has 4 nitrogen and oxygen atoms in total. The maximum absolute atomic E-state index is 12.1. The number of hydrogen-bond acceptors (Lipinski definition) is 4. The average Bonchev–Trinajstić information content (AvgIpc) is 2.89. The molecule has 2 aromatic rings. The molecule has 0 saturated carbocycles. The number of ketones is 1. The van der Waals surface area contributed by atoms with E-state index in [9.17, 15) is 9.59 Å². The second-order valence-electron chi connectivity index (χ2n) is 4.21. The summed E-state index contributed by atoms with van der Waals surface area (Å²) in [7, 11) is 0. The standard InChI is InChI=1S/C13H9BrN2O2S/c1-7-15-8(6-19-7)5-16-11-9(12(17)13(16)18)3-2-4-10(11)14/h2-4,6H,5H2,1H3. The fourth-order valence-electron chi connectivity index (χ4n) is 2.11. The number of carbonyl (C=O) groups is 2. The highest BCUT2D eigenvalue weighted by atomic mass is 79.9. The van der Waals surface area contributed by atoms with E-state index in [1.807, 2.05) is 18.4 Å². The lowest BCUT2D eigenvalue weighted by Crippen LogP contribution is -2.29. The molecule has 1 aliphatic rings. The molecule has 0 fully saturated rings. The number of thiazole rings is 1. The van der Waals surface area contributed by atoms with E-state index in [-0.39, 0.29) is 0 Å². The Morgan fingerprint density at radius 3 is 2.84 bits per heavy atom. The molecule has 96 valence electrons. The highest BCUT2D eigenvalue weighted by Crippen LogP contribution is 2.36. The molecule has 0 unspecified atom stereocenters. The van der Waals surface area contributed by atoms with Crippen LogP contribution in [0.3, 0.4) is 0 Å². The number of aromatic nitrogens is 1. The molecule has 1 amide bonds. The van der Waals surface area contributed by atoms with Crippen LogP contribution in [0.25, 0.3) is 0 Å². The first-order valence-corrected chi connectivity index (χ1v) is 7.31. The number of Topliss-reactive ketones (excluding diaryl/α,β-unsaturated/α-hetero) is 1. The van der Waals surface area contributed by atoms with Gasteiger partial charge in [0, 0.05) is 9.85 Å². The van der Waals surface area contributed by atoms with Gasteiger partial charge >= 0.3 is 0 Å². The number of nitrogens with zero attached hydrogens (tertiary/aromatic N) is 2. The lowest BCUT2D eigenvalue weighted by Gasteiger charge is -2.16. The van der Waals surface area contributed by atoms with E-state index in [2.05, 4.69) is 20.9 Å². The third-order valence-electron chi connectivity index (χ3n) is 2.93. The van der Waals surface area contributed by atoms with E-state index < -0.39 is 11.7 Å². The first-order valence-electron chi connectivity index (χ1n) is 5.63. The van der Waals surface area contributed by atoms with Crippen LogP contribution in [-0.2, 0) is 11.3 Å². The van der Waals surface area contributed by atoms with Gasteiger partial charge in [0.25, 0.3) is 11.7 Å². The van der Waals surface area contributed by atoms with E-state index >= 15 is 0 Å². The number of hydrogen-bond donors (Lipinski definition) is 0. The number of fused-ring (bicyclic) bond motifs is 1. The Bertz CT molecular complexity index is 696. The van der Waals surface area contributed by atoms with Gasteiger partial charge in [-0.05, 0) is 35.0 Å². The largest absolute Gasteiger partial charge is 0.299 e. The minimum Gasteiger partial charge on any atom is -0.298 e. The zero-order valence-corrected chi connectivity index (χ0v) is 12.4. The smallest absolute Gasteiger partial charge is 0.298 e. The van der Waals surface area contributed by atoms with E-state index in [0.717, 1.165) is 15.2 Å². The summed E-state index contributed by atoms with van der Waals surface area (Å²) < 4.78 is 0.746. The van der Waals surface area contributed by atoms with Gasteiger partial charge in [0.05, 0.1) is 28.5 Å². The number of halogens is 1. The lowest BCUT2D eigenvalue weighted by atomic mass is 10.1. The molecule has 0 aliphatic carbocycles. The van der Waals surface area contributed by atoms with Crippen LogP contribution in [-0.4, -0.2) is 16.7 Å². The van der Waals surface area contributed by atoms with Gasteiger partial charge in [-0.15, -0.1) is 11.3 Å². The molecule has 0 bridgehead atoms. The number of rotatable bonds is 2. The Morgan fingerprint density at radius 1 is 1.37 bits per heavy atom. The zero-order chi connectivity index (χ0) is 13.6. The topological polar surface area (TPSA) is 50.3 Å². The summed E-state index contributed by atoms with van der Waals surface area (Å²) in [6.45, 7) is 2.24. The van der Waals surface area contributed by atoms with Crippen molar-refractivity contribution in [2.24, 2.45) is 0 Å². The molecule has 0 spiro atoms. The molecule has 0 atom stereocenters. The van der Waals surface area contributed by atoms with Crippen LogP contribution in [0, 0.1) is 6.92 Å². The van der Waals surface area contributed by atoms with Gasteiger partial charge < -0.3 is 0 Å². The molecule has 2 heterocycles. The minimum absolute atomic E-state index is 0.324. The Kier molecular flexibility index (Phi) is 2.99. The number of amides is 1. The van der Waals surface area contributed by atoms with Crippen LogP contribution in [0.4, 0.5) is 5.69 Å². The minimum atomic E-state index is -0.493. The molecule has 0 radical (unpaired) electrons. The third-order valence-corrected chi connectivity index (χ3v) is 4.39. The van der Waals surface area contributed by atoms with Crippen LogP contribution >= 0.6 is 27.3 Å². The highest BCUT2D eigenvalue weighted by molar-refractivity contribution is 9.10. The second kappa shape index (κ2) is 4.54. The number of anilines is 1. The van der Waals surface area contributed by atoms with Gasteiger partial charge in [-0.2, -0.15) is 0 Å². The maximum Gasteiger partial charge on any atom is 0.299 e. The van der Waals surface area contributed by atoms with Gasteiger partial charge in [-0.1, -0.05) is 6.07 Å². The third kappa shape index (κ3) is 2.01. The number of para-hydroxylation sites is 1. The van der Waals surface area contributed by atoms with Gasteiger partial charge in [-0.3, -0.25) is 14.5 Å². The van der Waals surface area contributed by atoms with Crippen molar-refractivity contribution in [1.29, 1.82) is 0 Å². The van der Waals surface area contributed by atoms with Crippen LogP contribution < -0.4 is 4.90 Å². The van der Waals surface area contributed by atoms with E-state index in [1.165, 1.54) is 16.2 Å². The van der Waals surface area contributed by atoms with Crippen LogP contribution in [0.1, 0.15) is 21.1 Å². The summed E-state index contributed by atoms with van der Waals surface area (Å²) in [4.78, 5) is 29.8. The fraction of sp³-hybridized carbons (Fsp3) is 0.154. The highest BCUT2D eigenvalue weighted by Gasteiger charge is 2.37. The van der Waals surface area contributed by atoms with Gasteiger partial charge in [0.2, 0.25) is 0 Å². The van der Waals surface area contributed by atoms with Crippen molar-refractivity contribution < 1.29 is 9.59 Å². The van der Waals surface area contributed by atoms with E-state index in [0.29, 0.717) is 17.8 Å². The van der Waals surface area contributed by atoms with Crippen LogP contribution in [0.2, 0.25) is 0 Å². The first-order chi connectivity index (χ1) is 9.08. The summed E-state index contributed by atoms with van der Waals surface area (Å²) in [6.07, 6.45) is 0. The molecular formula is C13H9BrN2O2S. The van der Waals surface area contributed by atoms with E-state index in [1.54, 1.807) is 12.1 Å². The summed E-state index contributed by atoms with van der Waals surface area (Å²) >= 11 is 4.93. The number of carbonyl (C=O) groups excluding carboxylic acids is 2. The Labute approximate surface area is 122 Å². The van der Waals surface area contributed by atoms with Crippen molar-refractivity contribution in [3.8, 4) is 0 Å². The van der Waals surface area contributed by atoms with Crippen molar-refractivity contribution >= 4 is 44.6 Å². The normalized spacial score (nSPS) is 14.1. The molecule has 0 N–H and O–H groups in total. The van der Waals surface area contributed by atoms with Crippen molar-refractivity contribution in [2.75, 3.05) is 4.90 Å². The van der Waals surface area contributed by atoms with Gasteiger partial charge in [0.1, 0.15) is 0 Å². The Morgan fingerprint density at radius 2 is 2.16 bits per heavy atom. The van der Waals surface area contributed by atoms with Gasteiger partial charge in [-0.25, -0.2) is 4.98 Å². The Hall–Kier alpha value is -1.53. The number of benzene rings is 1. The number of aryl methyl sites for hydroxylation is 1. The maximum atomic E-state index is 12.1. The summed E-state index contributed by atoms with van der Waals surface area (Å²) in [5, 5.41) is 2.85. The molecule has 19 heavy (non-hydrogen) atoms. The second-order valence-corrected chi connectivity index (χ2v) is 6.13. The lowest BCUT2D eigenvalue weighted by molar-refractivity contribution is -0.114. The molecule has 1 aromatic heterocycles. The summed E-state index contributed by atoms with van der Waals surface area (Å²) in [5.41, 5.74) is 1.89. The van der Waals surface area contributed by atoms with Crippen molar-refractivity contribution in [3.63, 3.8) is 0 Å². The van der Waals surface area contributed by atoms with E-state index in [4.69, 9.17) is 0 Å². The quantitative estimate of drug-likeness (QED) is 0.792. The molecule has 3 rings (SSSR count). The van der Waals surface area contributed by atoms with Gasteiger partial charge in [0.15, 0.2) is 0 Å². The predicted molar refractivity (Wildman–Crippen MR) is 76.5 cm³/mol. The molecule has 1 aliphatic heterocycles. The summed E-state index contributed by atoms with van der Waals surface area (Å²) in [5.74, 6) is -0.948. The van der Waals surface area contributed by atoms with Crippen LogP contribution in [0.5, 0.6) is 0 Å². The van der Waals surface area contributed by atoms with Crippen molar-refractivity contribution in [2.45, 2.75) is 13.5 Å². The summed E-state index contributed by atoms with van der Waals surface area (Å²) in [6, 6.07) is 5.25. The SMILES string of the molecule is Cc1nc(CN2C(=O)C(=O)c3cccc(Br)c32)cs1. The average molecular weight is 337 g/mol. The zero-order valence-electron chi connectivity index (χ0n) is 10.0.